The van der Waals surface area contributed by atoms with Gasteiger partial charge >= 0.3 is 5.69 Å². The van der Waals surface area contributed by atoms with Crippen LogP contribution >= 0.6 is 0 Å². The van der Waals surface area contributed by atoms with Crippen molar-refractivity contribution >= 4 is 17.4 Å². The Morgan fingerprint density at radius 1 is 1.20 bits per heavy atom. The number of amides is 1. The number of nitro groups is 1. The van der Waals surface area contributed by atoms with Crippen molar-refractivity contribution < 1.29 is 9.72 Å². The Labute approximate surface area is 203 Å². The molecule has 4 fully saturated rings. The van der Waals surface area contributed by atoms with Gasteiger partial charge in [-0.2, -0.15) is 10.2 Å². The zero-order valence-corrected chi connectivity index (χ0v) is 19.9. The maximum atomic E-state index is 13.2. The van der Waals surface area contributed by atoms with Crippen molar-refractivity contribution in [1.82, 2.24) is 19.6 Å². The molecule has 1 amide bonds. The molecule has 9 heteroatoms. The number of carbonyl (C=O) groups excluding carboxylic acids is 1. The zero-order valence-electron chi connectivity index (χ0n) is 19.9. The standard InChI is InChI=1S/C26H30N6O3/c1-18-7-23(29-30(18)15-19-5-3-2-4-6-19)28-24(33)13-25-9-20-8-21(10-25)12-26(11-20,17-25)31-16-22(14-27-31)32(34)35/h2-7,14,16,20-21H,8-13,15,17H2,1H3,(H,28,29,33)/t20-,21-,25?,26?/m1/s1. The molecule has 35 heavy (non-hydrogen) atoms. The summed E-state index contributed by atoms with van der Waals surface area (Å²) in [6, 6.07) is 12.1. The molecule has 1 N–H and O–H groups in total. The minimum atomic E-state index is -0.383. The van der Waals surface area contributed by atoms with Crippen molar-refractivity contribution in [2.75, 3.05) is 5.32 Å². The van der Waals surface area contributed by atoms with Gasteiger partial charge in [-0.15, -0.1) is 0 Å². The molecule has 9 nitrogen and oxygen atoms in total. The first-order valence-electron chi connectivity index (χ1n) is 12.4. The molecule has 4 aliphatic carbocycles. The van der Waals surface area contributed by atoms with Crippen molar-refractivity contribution in [3.63, 3.8) is 0 Å². The van der Waals surface area contributed by atoms with Gasteiger partial charge in [0, 0.05) is 18.2 Å². The van der Waals surface area contributed by atoms with Crippen LogP contribution in [0, 0.1) is 34.3 Å². The fraction of sp³-hybridized carbons (Fsp3) is 0.500. The van der Waals surface area contributed by atoms with E-state index in [-0.39, 0.29) is 27.5 Å². The first kappa shape index (κ1) is 22.0. The van der Waals surface area contributed by atoms with Crippen molar-refractivity contribution in [1.29, 1.82) is 0 Å². The first-order valence-corrected chi connectivity index (χ1v) is 12.4. The molecule has 3 aromatic rings. The highest BCUT2D eigenvalue weighted by atomic mass is 16.6. The molecule has 0 radical (unpaired) electrons. The monoisotopic (exact) mass is 474 g/mol. The number of nitrogens with zero attached hydrogens (tertiary/aromatic N) is 5. The van der Waals surface area contributed by atoms with Crippen molar-refractivity contribution in [2.24, 2.45) is 17.3 Å². The van der Waals surface area contributed by atoms with Gasteiger partial charge in [0.05, 0.1) is 17.0 Å². The van der Waals surface area contributed by atoms with E-state index >= 15 is 0 Å². The van der Waals surface area contributed by atoms with Crippen LogP contribution in [0.2, 0.25) is 0 Å². The summed E-state index contributed by atoms with van der Waals surface area (Å²) in [6.45, 7) is 2.66. The summed E-state index contributed by atoms with van der Waals surface area (Å²) in [7, 11) is 0. The van der Waals surface area contributed by atoms with Gasteiger partial charge in [-0.05, 0) is 68.3 Å². The predicted molar refractivity (Wildman–Crippen MR) is 130 cm³/mol. The van der Waals surface area contributed by atoms with E-state index in [0.717, 1.165) is 43.4 Å². The van der Waals surface area contributed by atoms with Crippen molar-refractivity contribution in [2.45, 2.75) is 64.0 Å². The number of aromatic nitrogens is 4. The Hall–Kier alpha value is -3.49. The van der Waals surface area contributed by atoms with E-state index in [0.29, 0.717) is 30.6 Å². The number of aryl methyl sites for hydroxylation is 1. The number of nitrogens with one attached hydrogen (secondary N) is 1. The molecule has 0 aliphatic heterocycles. The minimum Gasteiger partial charge on any atom is -0.309 e. The zero-order chi connectivity index (χ0) is 24.2. The lowest BCUT2D eigenvalue weighted by Gasteiger charge is -2.61. The highest BCUT2D eigenvalue weighted by Crippen LogP contribution is 2.65. The Balaban J connectivity index is 1.18. The molecule has 2 atom stereocenters. The predicted octanol–water partition coefficient (Wildman–Crippen LogP) is 4.67. The Morgan fingerprint density at radius 3 is 2.63 bits per heavy atom. The lowest BCUT2D eigenvalue weighted by molar-refractivity contribution is -0.385. The van der Waals surface area contributed by atoms with E-state index in [1.807, 2.05) is 40.6 Å². The van der Waals surface area contributed by atoms with Crippen LogP contribution in [-0.2, 0) is 16.9 Å². The normalized spacial score (nSPS) is 28.8. The largest absolute Gasteiger partial charge is 0.309 e. The summed E-state index contributed by atoms with van der Waals surface area (Å²) in [5, 5.41) is 23.3. The number of anilines is 1. The van der Waals surface area contributed by atoms with Gasteiger partial charge in [0.15, 0.2) is 5.82 Å². The summed E-state index contributed by atoms with van der Waals surface area (Å²) in [5.74, 6) is 1.67. The van der Waals surface area contributed by atoms with Gasteiger partial charge in [-0.25, -0.2) is 0 Å². The summed E-state index contributed by atoms with van der Waals surface area (Å²) in [4.78, 5) is 24.1. The van der Waals surface area contributed by atoms with E-state index in [4.69, 9.17) is 0 Å². The second kappa shape index (κ2) is 8.03. The summed E-state index contributed by atoms with van der Waals surface area (Å²) >= 11 is 0. The fourth-order valence-corrected chi connectivity index (χ4v) is 7.56. The quantitative estimate of drug-likeness (QED) is 0.395. The Morgan fingerprint density at radius 2 is 1.94 bits per heavy atom. The third-order valence-electron chi connectivity index (χ3n) is 8.38. The second-order valence-corrected chi connectivity index (χ2v) is 11.1. The highest BCUT2D eigenvalue weighted by molar-refractivity contribution is 5.90. The molecule has 4 bridgehead atoms. The van der Waals surface area contributed by atoms with Crippen LogP contribution in [0.4, 0.5) is 11.5 Å². The van der Waals surface area contributed by atoms with Gasteiger partial charge in [0.1, 0.15) is 12.4 Å². The number of rotatable bonds is 7. The van der Waals surface area contributed by atoms with E-state index < -0.39 is 0 Å². The minimum absolute atomic E-state index is 0.00194. The number of benzene rings is 1. The summed E-state index contributed by atoms with van der Waals surface area (Å²) < 4.78 is 3.76. The molecule has 2 aromatic heterocycles. The van der Waals surface area contributed by atoms with Crippen LogP contribution < -0.4 is 5.32 Å². The highest BCUT2D eigenvalue weighted by Gasteiger charge is 2.59. The third kappa shape index (κ3) is 4.02. The van der Waals surface area contributed by atoms with Crippen molar-refractivity contribution in [3.05, 3.63) is 70.2 Å². The molecule has 4 aliphatic rings. The van der Waals surface area contributed by atoms with Crippen molar-refractivity contribution in [3.8, 4) is 0 Å². The van der Waals surface area contributed by atoms with Crippen LogP contribution in [0.3, 0.4) is 0 Å². The molecule has 2 heterocycles. The molecule has 4 saturated carbocycles. The molecule has 0 unspecified atom stereocenters. The molecule has 182 valence electrons. The molecule has 1 aromatic carbocycles. The van der Waals surface area contributed by atoms with Gasteiger partial charge in [-0.3, -0.25) is 24.3 Å². The maximum Gasteiger partial charge on any atom is 0.307 e. The average Bonchev–Trinajstić information content (AvgIpc) is 3.41. The van der Waals surface area contributed by atoms with Crippen LogP contribution in [0.15, 0.2) is 48.8 Å². The Kier molecular flexibility index (Phi) is 5.05. The van der Waals surface area contributed by atoms with Crippen LogP contribution in [-0.4, -0.2) is 30.4 Å². The lowest BCUT2D eigenvalue weighted by atomic mass is 9.46. The van der Waals surface area contributed by atoms with Crippen LogP contribution in [0.5, 0.6) is 0 Å². The topological polar surface area (TPSA) is 108 Å². The molecule has 0 spiro atoms. The second-order valence-electron chi connectivity index (χ2n) is 11.1. The van der Waals surface area contributed by atoms with Crippen LogP contribution in [0.1, 0.15) is 56.2 Å². The summed E-state index contributed by atoms with van der Waals surface area (Å²) in [6.07, 6.45) is 9.51. The average molecular weight is 475 g/mol. The maximum absolute atomic E-state index is 13.2. The van der Waals surface area contributed by atoms with E-state index in [1.54, 1.807) is 6.20 Å². The molecular formula is C26H30N6O3. The van der Waals surface area contributed by atoms with E-state index in [9.17, 15) is 14.9 Å². The summed E-state index contributed by atoms with van der Waals surface area (Å²) in [5.41, 5.74) is 1.89. The Bertz CT molecular complexity index is 1270. The number of hydrogen-bond donors (Lipinski definition) is 1. The first-order chi connectivity index (χ1) is 16.8. The molecule has 7 rings (SSSR count). The van der Waals surface area contributed by atoms with Crippen LogP contribution in [0.25, 0.3) is 0 Å². The fourth-order valence-electron chi connectivity index (χ4n) is 7.56. The van der Waals surface area contributed by atoms with Gasteiger partial charge in [0.2, 0.25) is 5.91 Å². The third-order valence-corrected chi connectivity index (χ3v) is 8.38. The van der Waals surface area contributed by atoms with Gasteiger partial charge < -0.3 is 5.32 Å². The molecule has 0 saturated heterocycles. The van der Waals surface area contributed by atoms with E-state index in [2.05, 4.69) is 27.6 Å². The number of carbonyl (C=O) groups is 1. The van der Waals surface area contributed by atoms with Gasteiger partial charge in [0.25, 0.3) is 0 Å². The lowest BCUT2D eigenvalue weighted by Crippen LogP contribution is -2.57. The van der Waals surface area contributed by atoms with Gasteiger partial charge in [-0.1, -0.05) is 30.3 Å². The smallest absolute Gasteiger partial charge is 0.307 e. The van der Waals surface area contributed by atoms with E-state index in [1.165, 1.54) is 12.6 Å². The number of hydrogen-bond acceptors (Lipinski definition) is 5. The SMILES string of the molecule is Cc1cc(NC(=O)CC23C[C@H]4C[C@H](C2)CC(n2cc([N+](=O)[O-])cn2)(C4)C3)nn1Cc1ccccc1. The molecular weight excluding hydrogens is 444 g/mol.